The second kappa shape index (κ2) is 7.82. The fourth-order valence-corrected chi connectivity index (χ4v) is 3.69. The van der Waals surface area contributed by atoms with E-state index in [0.29, 0.717) is 12.8 Å². The summed E-state index contributed by atoms with van der Waals surface area (Å²) in [5.74, 6) is -1.53. The molecule has 1 aliphatic carbocycles. The van der Waals surface area contributed by atoms with Crippen LogP contribution in [0.4, 0.5) is 11.4 Å². The molecule has 25 heavy (non-hydrogen) atoms. The lowest BCUT2D eigenvalue weighted by molar-refractivity contribution is -0.143. The zero-order chi connectivity index (χ0) is 17.8. The molecule has 1 aromatic heterocycles. The number of pyridine rings is 1. The van der Waals surface area contributed by atoms with Crippen molar-refractivity contribution in [1.82, 2.24) is 9.88 Å². The van der Waals surface area contributed by atoms with Crippen LogP contribution < -0.4 is 10.2 Å². The summed E-state index contributed by atoms with van der Waals surface area (Å²) in [7, 11) is 2.11. The van der Waals surface area contributed by atoms with Crippen molar-refractivity contribution in [3.05, 3.63) is 18.5 Å². The molecule has 7 nitrogen and oxygen atoms in total. The Kier molecular flexibility index (Phi) is 5.53. The minimum Gasteiger partial charge on any atom is -0.481 e. The van der Waals surface area contributed by atoms with Crippen LogP contribution in [0.1, 0.15) is 25.7 Å². The largest absolute Gasteiger partial charge is 0.481 e. The van der Waals surface area contributed by atoms with Gasteiger partial charge in [0.25, 0.3) is 0 Å². The molecule has 1 aliphatic heterocycles. The van der Waals surface area contributed by atoms with E-state index in [-0.39, 0.29) is 11.8 Å². The minimum atomic E-state index is -0.794. The van der Waals surface area contributed by atoms with Gasteiger partial charge in [0.05, 0.1) is 23.5 Å². The Morgan fingerprint density at radius 1 is 1.20 bits per heavy atom. The molecule has 1 aromatic rings. The zero-order valence-corrected chi connectivity index (χ0v) is 14.6. The molecule has 2 N–H and O–H groups in total. The van der Waals surface area contributed by atoms with Gasteiger partial charge in [0.1, 0.15) is 0 Å². The molecule has 0 unspecified atom stereocenters. The maximum absolute atomic E-state index is 12.7. The molecule has 2 aliphatic rings. The second-order valence-electron chi connectivity index (χ2n) is 7.07. The third-order valence-electron chi connectivity index (χ3n) is 5.29. The summed E-state index contributed by atoms with van der Waals surface area (Å²) >= 11 is 0. The molecule has 7 heteroatoms. The van der Waals surface area contributed by atoms with E-state index in [1.165, 1.54) is 0 Å². The number of nitrogens with one attached hydrogen (secondary N) is 1. The predicted octanol–water partition coefficient (Wildman–Crippen LogP) is 1.66. The van der Waals surface area contributed by atoms with Crippen molar-refractivity contribution >= 4 is 23.3 Å². The van der Waals surface area contributed by atoms with Crippen LogP contribution in [0.2, 0.25) is 0 Å². The number of aromatic nitrogens is 1. The number of carbonyl (C=O) groups excluding carboxylic acids is 1. The number of rotatable bonds is 4. The van der Waals surface area contributed by atoms with Gasteiger partial charge in [-0.25, -0.2) is 0 Å². The number of hydrogen-bond acceptors (Lipinski definition) is 5. The van der Waals surface area contributed by atoms with Gasteiger partial charge in [0, 0.05) is 38.3 Å². The SMILES string of the molecule is CN1CCN(c2ccncc2NC(=O)[C@@H]2CCC[C@H](C(=O)O)C2)CC1. The Labute approximate surface area is 148 Å². The lowest BCUT2D eigenvalue weighted by atomic mass is 9.81. The summed E-state index contributed by atoms with van der Waals surface area (Å²) in [6.07, 6.45) is 6.05. The lowest BCUT2D eigenvalue weighted by Gasteiger charge is -2.35. The van der Waals surface area contributed by atoms with Crippen molar-refractivity contribution in [2.24, 2.45) is 11.8 Å². The van der Waals surface area contributed by atoms with Crippen LogP contribution in [0, 0.1) is 11.8 Å². The van der Waals surface area contributed by atoms with Crippen molar-refractivity contribution in [2.45, 2.75) is 25.7 Å². The van der Waals surface area contributed by atoms with Gasteiger partial charge in [0.2, 0.25) is 5.91 Å². The van der Waals surface area contributed by atoms with E-state index in [2.05, 4.69) is 27.1 Å². The van der Waals surface area contributed by atoms with E-state index < -0.39 is 11.9 Å². The highest BCUT2D eigenvalue weighted by atomic mass is 16.4. The number of anilines is 2. The number of amides is 1. The van der Waals surface area contributed by atoms with Gasteiger partial charge in [-0.1, -0.05) is 6.42 Å². The maximum Gasteiger partial charge on any atom is 0.306 e. The number of hydrogen-bond donors (Lipinski definition) is 2. The van der Waals surface area contributed by atoms with Crippen LogP contribution in [0.25, 0.3) is 0 Å². The van der Waals surface area contributed by atoms with Crippen molar-refractivity contribution in [3.63, 3.8) is 0 Å². The molecule has 0 radical (unpaired) electrons. The molecule has 1 amide bonds. The van der Waals surface area contributed by atoms with Gasteiger partial charge in [-0.05, 0) is 32.4 Å². The van der Waals surface area contributed by atoms with Gasteiger partial charge < -0.3 is 20.2 Å². The number of carboxylic acid groups (broad SMARTS) is 1. The predicted molar refractivity (Wildman–Crippen MR) is 95.7 cm³/mol. The Hall–Kier alpha value is -2.15. The standard InChI is InChI=1S/C18H26N4O3/c1-21-7-9-22(10-8-21)16-5-6-19-12-15(16)20-17(23)13-3-2-4-14(11-13)18(24)25/h5-6,12-14H,2-4,7-11H2,1H3,(H,20,23)(H,24,25)/t13-,14+/m1/s1. The monoisotopic (exact) mass is 346 g/mol. The molecule has 2 atom stereocenters. The number of carbonyl (C=O) groups is 2. The van der Waals surface area contributed by atoms with Gasteiger partial charge in [-0.2, -0.15) is 0 Å². The van der Waals surface area contributed by atoms with Gasteiger partial charge in [-0.15, -0.1) is 0 Å². The van der Waals surface area contributed by atoms with Crippen molar-refractivity contribution in [1.29, 1.82) is 0 Å². The lowest BCUT2D eigenvalue weighted by Crippen LogP contribution is -2.44. The number of likely N-dealkylation sites (N-methyl/N-ethyl adjacent to an activating group) is 1. The average molecular weight is 346 g/mol. The fourth-order valence-electron chi connectivity index (χ4n) is 3.69. The number of aliphatic carboxylic acids is 1. The van der Waals surface area contributed by atoms with Crippen LogP contribution in [0.15, 0.2) is 18.5 Å². The molecular formula is C18H26N4O3. The third-order valence-corrected chi connectivity index (χ3v) is 5.29. The van der Waals surface area contributed by atoms with Gasteiger partial charge >= 0.3 is 5.97 Å². The summed E-state index contributed by atoms with van der Waals surface area (Å²) in [6.45, 7) is 3.79. The highest BCUT2D eigenvalue weighted by molar-refractivity contribution is 5.96. The van der Waals surface area contributed by atoms with Crippen LogP contribution >= 0.6 is 0 Å². The first kappa shape index (κ1) is 17.7. The molecule has 0 aromatic carbocycles. The first-order chi connectivity index (χ1) is 12.0. The third kappa shape index (κ3) is 4.28. The second-order valence-corrected chi connectivity index (χ2v) is 7.07. The summed E-state index contributed by atoms with van der Waals surface area (Å²) in [5, 5.41) is 12.2. The highest BCUT2D eigenvalue weighted by Gasteiger charge is 2.31. The molecule has 0 bridgehead atoms. The average Bonchev–Trinajstić information content (AvgIpc) is 2.63. The Bertz CT molecular complexity index is 629. The summed E-state index contributed by atoms with van der Waals surface area (Å²) in [5.41, 5.74) is 1.71. The molecule has 136 valence electrons. The van der Waals surface area contributed by atoms with E-state index in [1.54, 1.807) is 12.4 Å². The smallest absolute Gasteiger partial charge is 0.306 e. The van der Waals surface area contributed by atoms with Crippen LogP contribution in [-0.2, 0) is 9.59 Å². The van der Waals surface area contributed by atoms with Crippen LogP contribution in [0.3, 0.4) is 0 Å². The Balaban J connectivity index is 1.68. The fraction of sp³-hybridized carbons (Fsp3) is 0.611. The molecule has 1 saturated heterocycles. The molecule has 2 heterocycles. The molecule has 3 rings (SSSR count). The topological polar surface area (TPSA) is 85.8 Å². The Morgan fingerprint density at radius 2 is 1.92 bits per heavy atom. The van der Waals surface area contributed by atoms with Gasteiger partial charge in [-0.3, -0.25) is 14.6 Å². The van der Waals surface area contributed by atoms with Crippen molar-refractivity contribution in [3.8, 4) is 0 Å². The van der Waals surface area contributed by atoms with E-state index in [0.717, 1.165) is 50.4 Å². The molecular weight excluding hydrogens is 320 g/mol. The van der Waals surface area contributed by atoms with Crippen LogP contribution in [0.5, 0.6) is 0 Å². The van der Waals surface area contributed by atoms with E-state index in [9.17, 15) is 14.7 Å². The first-order valence-corrected chi connectivity index (χ1v) is 8.96. The first-order valence-electron chi connectivity index (χ1n) is 8.96. The zero-order valence-electron chi connectivity index (χ0n) is 14.6. The number of piperazine rings is 1. The molecule has 2 fully saturated rings. The number of carboxylic acids is 1. The van der Waals surface area contributed by atoms with E-state index in [1.807, 2.05) is 6.07 Å². The highest BCUT2D eigenvalue weighted by Crippen LogP contribution is 2.32. The molecule has 0 spiro atoms. The minimum absolute atomic E-state index is 0.0886. The molecule has 1 saturated carbocycles. The quantitative estimate of drug-likeness (QED) is 0.862. The summed E-state index contributed by atoms with van der Waals surface area (Å²) in [6, 6.07) is 1.93. The number of nitrogens with zero attached hydrogens (tertiary/aromatic N) is 3. The van der Waals surface area contributed by atoms with E-state index >= 15 is 0 Å². The normalized spacial score (nSPS) is 24.8. The van der Waals surface area contributed by atoms with Crippen molar-refractivity contribution in [2.75, 3.05) is 43.4 Å². The Morgan fingerprint density at radius 3 is 2.64 bits per heavy atom. The van der Waals surface area contributed by atoms with E-state index in [4.69, 9.17) is 0 Å². The van der Waals surface area contributed by atoms with Crippen LogP contribution in [-0.4, -0.2) is 60.1 Å². The maximum atomic E-state index is 12.7. The van der Waals surface area contributed by atoms with Gasteiger partial charge in [0.15, 0.2) is 0 Å². The summed E-state index contributed by atoms with van der Waals surface area (Å²) < 4.78 is 0. The summed E-state index contributed by atoms with van der Waals surface area (Å²) in [4.78, 5) is 32.6. The van der Waals surface area contributed by atoms with Crippen molar-refractivity contribution < 1.29 is 14.7 Å².